The topological polar surface area (TPSA) is 9.23 Å². The summed E-state index contributed by atoms with van der Waals surface area (Å²) in [6.45, 7) is 2.00. The van der Waals surface area contributed by atoms with E-state index in [9.17, 15) is 0 Å². The van der Waals surface area contributed by atoms with E-state index in [2.05, 4.69) is 6.42 Å². The van der Waals surface area contributed by atoms with E-state index in [-0.39, 0.29) is 40.0 Å². The van der Waals surface area contributed by atoms with Gasteiger partial charge < -0.3 is 28.1 Å². The van der Waals surface area contributed by atoms with Gasteiger partial charge in [0.25, 0.3) is 0 Å². The molecule has 0 bridgehead atoms. The second kappa shape index (κ2) is 13.2. The maximum atomic E-state index is 4.94. The summed E-state index contributed by atoms with van der Waals surface area (Å²) < 4.78 is 4.94. The van der Waals surface area contributed by atoms with Crippen LogP contribution in [0.5, 0.6) is 0 Å². The van der Waals surface area contributed by atoms with E-state index in [1.165, 1.54) is 44.9 Å². The Bertz CT molecular complexity index is 63.9. The molecule has 0 unspecified atom stereocenters. The minimum absolute atomic E-state index is 0. The Hall–Kier alpha value is 1.21. The van der Waals surface area contributed by atoms with Crippen molar-refractivity contribution >= 4 is 23.1 Å². The number of halogens is 1. The molecule has 74 valence electrons. The van der Waals surface area contributed by atoms with Crippen molar-refractivity contribution in [3.8, 4) is 0 Å². The summed E-state index contributed by atoms with van der Waals surface area (Å²) in [4.78, 5) is 0. The molecule has 1 aliphatic carbocycles. The fourth-order valence-electron chi connectivity index (χ4n) is 1.41. The van der Waals surface area contributed by atoms with Crippen molar-refractivity contribution in [2.45, 2.75) is 44.9 Å². The van der Waals surface area contributed by atoms with Crippen molar-refractivity contribution in [2.24, 2.45) is 0 Å². The smallest absolute Gasteiger partial charge is 1.00 e. The first-order valence-electron chi connectivity index (χ1n) is 4.89. The molecule has 0 radical (unpaired) electrons. The van der Waals surface area contributed by atoms with E-state index in [4.69, 9.17) is 4.74 Å². The van der Waals surface area contributed by atoms with Crippen LogP contribution in [0, 0.1) is 6.42 Å². The molecule has 2 aliphatic rings. The first-order chi connectivity index (χ1) is 5.50. The molecule has 0 aromatic rings. The van der Waals surface area contributed by atoms with Crippen molar-refractivity contribution < 1.29 is 21.7 Å². The van der Waals surface area contributed by atoms with E-state index in [1.54, 1.807) is 0 Å². The van der Waals surface area contributed by atoms with Gasteiger partial charge in [0.05, 0.1) is 0 Å². The summed E-state index contributed by atoms with van der Waals surface area (Å²) in [6.07, 6.45) is 12.1. The zero-order valence-corrected chi connectivity index (χ0v) is 11.4. The summed E-state index contributed by atoms with van der Waals surface area (Å²) in [7, 11) is 0. The molecule has 0 amide bonds. The van der Waals surface area contributed by atoms with Gasteiger partial charge in [0.1, 0.15) is 0 Å². The predicted octanol–water partition coefficient (Wildman–Crippen LogP) is -0.425. The van der Waals surface area contributed by atoms with E-state index in [1.807, 2.05) is 0 Å². The van der Waals surface area contributed by atoms with Crippen molar-refractivity contribution in [3.05, 3.63) is 6.42 Å². The molecule has 0 aromatic carbocycles. The van der Waals surface area contributed by atoms with Crippen LogP contribution in [0.2, 0.25) is 0 Å². The van der Waals surface area contributed by atoms with Gasteiger partial charge in [0.15, 0.2) is 0 Å². The van der Waals surface area contributed by atoms with Gasteiger partial charge in [-0.25, -0.2) is 0 Å². The number of ether oxygens (including phenoxy) is 1. The fourth-order valence-corrected chi connectivity index (χ4v) is 1.41. The van der Waals surface area contributed by atoms with E-state index in [0.717, 1.165) is 13.2 Å². The van der Waals surface area contributed by atoms with Crippen molar-refractivity contribution in [1.29, 1.82) is 0 Å². The van der Waals surface area contributed by atoms with Crippen molar-refractivity contribution in [3.63, 3.8) is 0 Å². The number of rotatable bonds is 0. The maximum Gasteiger partial charge on any atom is 2.00 e. The molecule has 1 aliphatic heterocycles. The molecular formula is C10H19BrMgO. The fraction of sp³-hybridized carbons (Fsp3) is 0.900. The van der Waals surface area contributed by atoms with E-state index in [0.29, 0.717) is 0 Å². The third kappa shape index (κ3) is 11.1. The van der Waals surface area contributed by atoms with Crippen molar-refractivity contribution in [1.82, 2.24) is 0 Å². The second-order valence-electron chi connectivity index (χ2n) is 3.25. The standard InChI is InChI=1S/C6H11.C4H8O.BrH.Mg/c1-2-4-6-5-3-1;1-2-4-5-3-1;;/h1H,2-6H2;1-4H2;1H;/q-1;;;+2/p-1. The largest absolute Gasteiger partial charge is 2.00 e. The zero-order valence-electron chi connectivity index (χ0n) is 8.43. The Morgan fingerprint density at radius 1 is 0.769 bits per heavy atom. The first-order valence-corrected chi connectivity index (χ1v) is 4.89. The molecule has 0 N–H and O–H groups in total. The molecular weight excluding hydrogens is 240 g/mol. The van der Waals surface area contributed by atoms with Crippen molar-refractivity contribution in [2.75, 3.05) is 13.2 Å². The summed E-state index contributed by atoms with van der Waals surface area (Å²) >= 11 is 0. The molecule has 1 saturated carbocycles. The van der Waals surface area contributed by atoms with Gasteiger partial charge in [-0.1, -0.05) is 19.3 Å². The molecule has 2 fully saturated rings. The molecule has 1 heterocycles. The third-order valence-corrected chi connectivity index (χ3v) is 2.14. The van der Waals surface area contributed by atoms with Gasteiger partial charge in [0.2, 0.25) is 0 Å². The molecule has 1 saturated heterocycles. The third-order valence-electron chi connectivity index (χ3n) is 2.14. The van der Waals surface area contributed by atoms with Gasteiger partial charge in [0, 0.05) is 13.2 Å². The monoisotopic (exact) mass is 258 g/mol. The minimum Gasteiger partial charge on any atom is -1.00 e. The average Bonchev–Trinajstić information content (AvgIpc) is 2.64. The van der Waals surface area contributed by atoms with Crippen LogP contribution in [0.25, 0.3) is 0 Å². The summed E-state index contributed by atoms with van der Waals surface area (Å²) in [6, 6.07) is 0. The van der Waals surface area contributed by atoms with Gasteiger partial charge in [-0.15, -0.1) is 0 Å². The van der Waals surface area contributed by atoms with Crippen LogP contribution < -0.4 is 17.0 Å². The first kappa shape index (κ1) is 16.6. The van der Waals surface area contributed by atoms with Crippen LogP contribution in [-0.2, 0) is 4.74 Å². The van der Waals surface area contributed by atoms with Gasteiger partial charge >= 0.3 is 23.1 Å². The Labute approximate surface area is 109 Å². The molecule has 2 rings (SSSR count). The average molecular weight is 259 g/mol. The molecule has 0 spiro atoms. The van der Waals surface area contributed by atoms with Crippen LogP contribution in [0.1, 0.15) is 44.9 Å². The van der Waals surface area contributed by atoms with Gasteiger partial charge in [-0.2, -0.15) is 12.8 Å². The van der Waals surface area contributed by atoms with Gasteiger partial charge in [-0.05, 0) is 12.8 Å². The Balaban J connectivity index is 0. The van der Waals surface area contributed by atoms with E-state index >= 15 is 0 Å². The SMILES string of the molecule is C1CCOC1.[Br-].[CH-]1CCCCC1.[Mg+2]. The summed E-state index contributed by atoms with van der Waals surface area (Å²) in [5.74, 6) is 0. The second-order valence-corrected chi connectivity index (χ2v) is 3.25. The minimum atomic E-state index is 0. The molecule has 13 heavy (non-hydrogen) atoms. The van der Waals surface area contributed by atoms with Crippen LogP contribution >= 0.6 is 0 Å². The predicted molar refractivity (Wildman–Crippen MR) is 53.2 cm³/mol. The summed E-state index contributed by atoms with van der Waals surface area (Å²) in [5.41, 5.74) is 0. The normalized spacial score (nSPS) is 20.3. The molecule has 3 heteroatoms. The Morgan fingerprint density at radius 3 is 1.46 bits per heavy atom. The Morgan fingerprint density at radius 2 is 1.31 bits per heavy atom. The van der Waals surface area contributed by atoms with Crippen LogP contribution in [0.3, 0.4) is 0 Å². The maximum absolute atomic E-state index is 4.94. The number of hydrogen-bond donors (Lipinski definition) is 0. The Kier molecular flexibility index (Phi) is 16.9. The van der Waals surface area contributed by atoms with Crippen LogP contribution in [0.4, 0.5) is 0 Å². The van der Waals surface area contributed by atoms with E-state index < -0.39 is 0 Å². The van der Waals surface area contributed by atoms with Crippen LogP contribution in [-0.4, -0.2) is 36.3 Å². The number of hydrogen-bond acceptors (Lipinski definition) is 1. The summed E-state index contributed by atoms with van der Waals surface area (Å²) in [5, 5.41) is 0. The van der Waals surface area contributed by atoms with Gasteiger partial charge in [-0.3, -0.25) is 0 Å². The quantitative estimate of drug-likeness (QED) is 0.424. The van der Waals surface area contributed by atoms with Crippen LogP contribution in [0.15, 0.2) is 0 Å². The zero-order chi connectivity index (χ0) is 7.78. The molecule has 0 aromatic heterocycles. The molecule has 1 nitrogen and oxygen atoms in total. The molecule has 0 atom stereocenters.